The number of carbonyl (C=O) groups excluding carboxylic acids is 1. The maximum Gasteiger partial charge on any atom is 0.230 e. The highest BCUT2D eigenvalue weighted by Gasteiger charge is 2.22. The first-order valence-electron chi connectivity index (χ1n) is 7.90. The van der Waals surface area contributed by atoms with E-state index in [9.17, 15) is 4.79 Å². The zero-order valence-corrected chi connectivity index (χ0v) is 15.4. The molecule has 0 heterocycles. The number of nitrogens with zero attached hydrogens (tertiary/aromatic N) is 1. The minimum Gasteiger partial charge on any atom is -0.338 e. The second-order valence-electron chi connectivity index (χ2n) is 5.66. The van der Waals surface area contributed by atoms with E-state index in [1.165, 1.54) is 0 Å². The lowest BCUT2D eigenvalue weighted by molar-refractivity contribution is -0.133. The van der Waals surface area contributed by atoms with Crippen LogP contribution in [0, 0.1) is 0 Å². The predicted molar refractivity (Wildman–Crippen MR) is 103 cm³/mol. The van der Waals surface area contributed by atoms with Gasteiger partial charge in [-0.15, -0.1) is 12.4 Å². The van der Waals surface area contributed by atoms with Crippen LogP contribution in [0.5, 0.6) is 0 Å². The number of halogens is 2. The van der Waals surface area contributed by atoms with Gasteiger partial charge in [0.25, 0.3) is 0 Å². The minimum atomic E-state index is -0.227. The number of carbonyl (C=O) groups is 1. The molecule has 0 radical (unpaired) electrons. The molecule has 3 nitrogen and oxygen atoms in total. The quantitative estimate of drug-likeness (QED) is 0.796. The Kier molecular flexibility index (Phi) is 8.83. The molecule has 2 rings (SSSR count). The average molecular weight is 367 g/mol. The predicted octanol–water partition coefficient (Wildman–Crippen LogP) is 4.24. The van der Waals surface area contributed by atoms with Crippen molar-refractivity contribution < 1.29 is 4.79 Å². The summed E-state index contributed by atoms with van der Waals surface area (Å²) in [5.41, 5.74) is 7.68. The molecule has 130 valence electrons. The van der Waals surface area contributed by atoms with E-state index >= 15 is 0 Å². The van der Waals surface area contributed by atoms with Gasteiger partial charge >= 0.3 is 0 Å². The van der Waals surface area contributed by atoms with Crippen LogP contribution in [0.15, 0.2) is 54.6 Å². The summed E-state index contributed by atoms with van der Waals surface area (Å²) in [6.45, 7) is 3.76. The molecule has 0 spiro atoms. The smallest absolute Gasteiger partial charge is 0.230 e. The summed E-state index contributed by atoms with van der Waals surface area (Å²) < 4.78 is 0. The summed E-state index contributed by atoms with van der Waals surface area (Å²) in [5.74, 6) is -0.125. The highest BCUT2D eigenvalue weighted by Crippen LogP contribution is 2.22. The van der Waals surface area contributed by atoms with Crippen molar-refractivity contribution in [3.05, 3.63) is 70.7 Å². The van der Waals surface area contributed by atoms with Gasteiger partial charge < -0.3 is 10.6 Å². The van der Waals surface area contributed by atoms with Gasteiger partial charge in [0, 0.05) is 18.1 Å². The van der Waals surface area contributed by atoms with Crippen LogP contribution in [-0.2, 0) is 11.3 Å². The van der Waals surface area contributed by atoms with E-state index in [1.807, 2.05) is 66.4 Å². The molecule has 1 unspecified atom stereocenters. The van der Waals surface area contributed by atoms with Gasteiger partial charge in [-0.2, -0.15) is 0 Å². The van der Waals surface area contributed by atoms with Crippen molar-refractivity contribution in [1.82, 2.24) is 4.90 Å². The normalized spacial score (nSPS) is 11.5. The SMILES string of the molecule is CC(C(=O)N(CCCN)Cc1ccccc1)c1cccc(Cl)c1.Cl. The number of hydrogen-bond acceptors (Lipinski definition) is 2. The fourth-order valence-electron chi connectivity index (χ4n) is 2.55. The highest BCUT2D eigenvalue weighted by molar-refractivity contribution is 6.30. The largest absolute Gasteiger partial charge is 0.338 e. The molecule has 1 amide bonds. The van der Waals surface area contributed by atoms with Gasteiger partial charge in [-0.3, -0.25) is 4.79 Å². The molecular weight excluding hydrogens is 343 g/mol. The lowest BCUT2D eigenvalue weighted by Crippen LogP contribution is -2.35. The van der Waals surface area contributed by atoms with Crippen LogP contribution >= 0.6 is 24.0 Å². The number of amides is 1. The van der Waals surface area contributed by atoms with Gasteiger partial charge in [-0.1, -0.05) is 54.1 Å². The highest BCUT2D eigenvalue weighted by atomic mass is 35.5. The van der Waals surface area contributed by atoms with E-state index < -0.39 is 0 Å². The molecule has 0 aromatic heterocycles. The lowest BCUT2D eigenvalue weighted by atomic mass is 9.99. The van der Waals surface area contributed by atoms with Crippen LogP contribution in [0.25, 0.3) is 0 Å². The third-order valence-electron chi connectivity index (χ3n) is 3.88. The van der Waals surface area contributed by atoms with E-state index in [-0.39, 0.29) is 24.2 Å². The topological polar surface area (TPSA) is 46.3 Å². The number of benzene rings is 2. The summed E-state index contributed by atoms with van der Waals surface area (Å²) in [4.78, 5) is 14.8. The van der Waals surface area contributed by atoms with Crippen LogP contribution in [0.1, 0.15) is 30.4 Å². The van der Waals surface area contributed by atoms with Gasteiger partial charge in [-0.05, 0) is 43.1 Å². The second-order valence-corrected chi connectivity index (χ2v) is 6.10. The van der Waals surface area contributed by atoms with E-state index in [4.69, 9.17) is 17.3 Å². The van der Waals surface area contributed by atoms with Gasteiger partial charge in [0.2, 0.25) is 5.91 Å². The number of hydrogen-bond donors (Lipinski definition) is 1. The Labute approximate surface area is 155 Å². The zero-order chi connectivity index (χ0) is 16.7. The Morgan fingerprint density at radius 1 is 1.17 bits per heavy atom. The van der Waals surface area contributed by atoms with Crippen molar-refractivity contribution in [2.24, 2.45) is 5.73 Å². The molecule has 1 atom stereocenters. The standard InChI is InChI=1S/C19H23ClN2O.ClH/c1-15(17-9-5-10-18(20)13-17)19(23)22(12-6-11-21)14-16-7-3-2-4-8-16;/h2-5,7-10,13,15H,6,11-12,14,21H2,1H3;1H. The Balaban J connectivity index is 0.00000288. The molecule has 0 aliphatic heterocycles. The first kappa shape index (κ1) is 20.5. The molecule has 2 aromatic rings. The van der Waals surface area contributed by atoms with Gasteiger partial charge in [0.15, 0.2) is 0 Å². The van der Waals surface area contributed by atoms with Crippen LogP contribution < -0.4 is 5.73 Å². The third kappa shape index (κ3) is 5.82. The summed E-state index contributed by atoms with van der Waals surface area (Å²) in [6, 6.07) is 17.5. The maximum atomic E-state index is 12.9. The van der Waals surface area contributed by atoms with Crippen LogP contribution in [0.2, 0.25) is 5.02 Å². The molecule has 2 N–H and O–H groups in total. The van der Waals surface area contributed by atoms with Crippen molar-refractivity contribution in [1.29, 1.82) is 0 Å². The van der Waals surface area contributed by atoms with Crippen LogP contribution in [0.3, 0.4) is 0 Å². The summed E-state index contributed by atoms with van der Waals surface area (Å²) in [7, 11) is 0. The Morgan fingerprint density at radius 3 is 2.50 bits per heavy atom. The van der Waals surface area contributed by atoms with E-state index in [0.29, 0.717) is 24.7 Å². The maximum absolute atomic E-state index is 12.9. The average Bonchev–Trinajstić information content (AvgIpc) is 2.58. The second kappa shape index (κ2) is 10.3. The monoisotopic (exact) mass is 366 g/mol. The lowest BCUT2D eigenvalue weighted by Gasteiger charge is -2.26. The molecular formula is C19H24Cl2N2O. The molecule has 0 fully saturated rings. The first-order chi connectivity index (χ1) is 11.1. The van der Waals surface area contributed by atoms with Gasteiger partial charge in [-0.25, -0.2) is 0 Å². The molecule has 5 heteroatoms. The Bertz CT molecular complexity index is 634. The molecule has 0 bridgehead atoms. The van der Waals surface area contributed by atoms with Gasteiger partial charge in [0.05, 0.1) is 5.92 Å². The van der Waals surface area contributed by atoms with Crippen molar-refractivity contribution >= 4 is 29.9 Å². The number of nitrogens with two attached hydrogens (primary N) is 1. The summed E-state index contributed by atoms with van der Waals surface area (Å²) in [5, 5.41) is 0.652. The molecule has 2 aromatic carbocycles. The van der Waals surface area contributed by atoms with Crippen LogP contribution in [-0.4, -0.2) is 23.9 Å². The number of rotatable bonds is 7. The van der Waals surface area contributed by atoms with Crippen molar-refractivity contribution in [2.45, 2.75) is 25.8 Å². The Hall–Kier alpha value is -1.55. The summed E-state index contributed by atoms with van der Waals surface area (Å²) >= 11 is 6.05. The van der Waals surface area contributed by atoms with Crippen molar-refractivity contribution in [3.63, 3.8) is 0 Å². The molecule has 0 aliphatic carbocycles. The fraction of sp³-hybridized carbons (Fsp3) is 0.316. The fourth-order valence-corrected chi connectivity index (χ4v) is 2.74. The molecule has 0 saturated heterocycles. The zero-order valence-electron chi connectivity index (χ0n) is 13.8. The molecule has 0 aliphatic rings. The minimum absolute atomic E-state index is 0. The first-order valence-corrected chi connectivity index (χ1v) is 8.28. The van der Waals surface area contributed by atoms with E-state index in [2.05, 4.69) is 0 Å². The van der Waals surface area contributed by atoms with Crippen molar-refractivity contribution in [2.75, 3.05) is 13.1 Å². The Morgan fingerprint density at radius 2 is 1.88 bits per heavy atom. The van der Waals surface area contributed by atoms with Gasteiger partial charge in [0.1, 0.15) is 0 Å². The van der Waals surface area contributed by atoms with Crippen molar-refractivity contribution in [3.8, 4) is 0 Å². The molecule has 0 saturated carbocycles. The van der Waals surface area contributed by atoms with Crippen LogP contribution in [0.4, 0.5) is 0 Å². The third-order valence-corrected chi connectivity index (χ3v) is 4.11. The summed E-state index contributed by atoms with van der Waals surface area (Å²) in [6.07, 6.45) is 0.792. The van der Waals surface area contributed by atoms with E-state index in [0.717, 1.165) is 17.5 Å². The van der Waals surface area contributed by atoms with E-state index in [1.54, 1.807) is 0 Å². The molecule has 24 heavy (non-hydrogen) atoms.